The van der Waals surface area contributed by atoms with Crippen LogP contribution < -0.4 is 5.48 Å². The molecule has 4 heteroatoms. The fourth-order valence-corrected chi connectivity index (χ4v) is 2.12. The molecule has 1 aliphatic rings. The standard InChI is InChI=1S/C12H15ClFNO/c13-12-9(4-3-7-11(12)14)8-15-16-10-5-1-2-6-10/h3-4,7,10,15H,1-2,5-6,8H2. The predicted molar refractivity (Wildman–Crippen MR) is 61.6 cm³/mol. The van der Waals surface area contributed by atoms with Gasteiger partial charge in [0.05, 0.1) is 11.1 Å². The van der Waals surface area contributed by atoms with Gasteiger partial charge in [-0.1, -0.05) is 36.6 Å². The highest BCUT2D eigenvalue weighted by molar-refractivity contribution is 6.31. The van der Waals surface area contributed by atoms with Gasteiger partial charge in [0, 0.05) is 6.54 Å². The van der Waals surface area contributed by atoms with E-state index in [0.29, 0.717) is 12.6 Å². The summed E-state index contributed by atoms with van der Waals surface area (Å²) < 4.78 is 13.1. The van der Waals surface area contributed by atoms with E-state index >= 15 is 0 Å². The maximum Gasteiger partial charge on any atom is 0.142 e. The predicted octanol–water partition coefficient (Wildman–Crippen LogP) is 3.44. The largest absolute Gasteiger partial charge is 0.298 e. The lowest BCUT2D eigenvalue weighted by Crippen LogP contribution is -2.21. The zero-order valence-corrected chi connectivity index (χ0v) is 9.77. The molecule has 16 heavy (non-hydrogen) atoms. The number of rotatable bonds is 4. The van der Waals surface area contributed by atoms with Gasteiger partial charge < -0.3 is 0 Å². The second-order valence-corrected chi connectivity index (χ2v) is 4.44. The zero-order chi connectivity index (χ0) is 11.4. The summed E-state index contributed by atoms with van der Waals surface area (Å²) >= 11 is 5.82. The minimum Gasteiger partial charge on any atom is -0.298 e. The lowest BCUT2D eigenvalue weighted by atomic mass is 10.2. The van der Waals surface area contributed by atoms with Crippen molar-refractivity contribution in [2.45, 2.75) is 38.3 Å². The van der Waals surface area contributed by atoms with Crippen LogP contribution >= 0.6 is 11.6 Å². The van der Waals surface area contributed by atoms with E-state index < -0.39 is 0 Å². The van der Waals surface area contributed by atoms with Crippen LogP contribution in [0.15, 0.2) is 18.2 Å². The first-order valence-electron chi connectivity index (χ1n) is 5.59. The average molecular weight is 244 g/mol. The minimum atomic E-state index is -0.387. The van der Waals surface area contributed by atoms with E-state index in [4.69, 9.17) is 16.4 Å². The smallest absolute Gasteiger partial charge is 0.142 e. The summed E-state index contributed by atoms with van der Waals surface area (Å²) in [4.78, 5) is 5.47. The molecule has 0 aromatic heterocycles. The van der Waals surface area contributed by atoms with Crippen molar-refractivity contribution in [2.24, 2.45) is 0 Å². The second-order valence-electron chi connectivity index (χ2n) is 4.06. The Morgan fingerprint density at radius 1 is 1.38 bits per heavy atom. The van der Waals surface area contributed by atoms with Crippen LogP contribution in [-0.4, -0.2) is 6.10 Å². The van der Waals surface area contributed by atoms with Gasteiger partial charge in [0.25, 0.3) is 0 Å². The van der Waals surface area contributed by atoms with E-state index in [9.17, 15) is 4.39 Å². The van der Waals surface area contributed by atoms with Gasteiger partial charge in [0.15, 0.2) is 0 Å². The number of hydroxylamine groups is 1. The third-order valence-corrected chi connectivity index (χ3v) is 3.27. The Balaban J connectivity index is 1.82. The number of benzene rings is 1. The summed E-state index contributed by atoms with van der Waals surface area (Å²) in [6.07, 6.45) is 4.96. The Bertz CT molecular complexity index is 353. The zero-order valence-electron chi connectivity index (χ0n) is 9.01. The van der Waals surface area contributed by atoms with Crippen LogP contribution in [-0.2, 0) is 11.4 Å². The van der Waals surface area contributed by atoms with Gasteiger partial charge in [-0.25, -0.2) is 4.39 Å². The summed E-state index contributed by atoms with van der Waals surface area (Å²) in [7, 11) is 0. The molecule has 1 aromatic rings. The summed E-state index contributed by atoms with van der Waals surface area (Å²) in [5.74, 6) is -0.387. The highest BCUT2D eigenvalue weighted by atomic mass is 35.5. The van der Waals surface area contributed by atoms with Crippen LogP contribution in [0, 0.1) is 5.82 Å². The maximum atomic E-state index is 13.1. The molecule has 1 saturated carbocycles. The molecule has 1 aromatic carbocycles. The van der Waals surface area contributed by atoms with Crippen molar-refractivity contribution >= 4 is 11.6 Å². The van der Waals surface area contributed by atoms with Gasteiger partial charge in [-0.3, -0.25) is 4.84 Å². The molecule has 0 aliphatic heterocycles. The van der Waals surface area contributed by atoms with Crippen molar-refractivity contribution < 1.29 is 9.23 Å². The Kier molecular flexibility index (Phi) is 4.16. The number of halogens is 2. The summed E-state index contributed by atoms with van der Waals surface area (Å²) in [6, 6.07) is 4.79. The average Bonchev–Trinajstić information content (AvgIpc) is 2.77. The van der Waals surface area contributed by atoms with Crippen LogP contribution in [0.1, 0.15) is 31.2 Å². The molecule has 0 amide bonds. The molecule has 0 spiro atoms. The van der Waals surface area contributed by atoms with E-state index in [1.165, 1.54) is 18.9 Å². The quantitative estimate of drug-likeness (QED) is 0.818. The molecule has 0 atom stereocenters. The minimum absolute atomic E-state index is 0.171. The number of nitrogens with one attached hydrogen (secondary N) is 1. The van der Waals surface area contributed by atoms with Gasteiger partial charge in [-0.15, -0.1) is 0 Å². The molecule has 2 nitrogen and oxygen atoms in total. The Morgan fingerprint density at radius 3 is 2.88 bits per heavy atom. The van der Waals surface area contributed by atoms with Crippen molar-refractivity contribution in [3.8, 4) is 0 Å². The second kappa shape index (κ2) is 5.62. The topological polar surface area (TPSA) is 21.3 Å². The van der Waals surface area contributed by atoms with Crippen LogP contribution in [0.4, 0.5) is 4.39 Å². The van der Waals surface area contributed by atoms with Crippen molar-refractivity contribution in [1.82, 2.24) is 5.48 Å². The van der Waals surface area contributed by atoms with Crippen LogP contribution in [0.3, 0.4) is 0 Å². The molecule has 1 fully saturated rings. The normalized spacial score (nSPS) is 16.9. The maximum absolute atomic E-state index is 13.1. The summed E-state index contributed by atoms with van der Waals surface area (Å²) in [5.41, 5.74) is 3.58. The molecular weight excluding hydrogens is 229 g/mol. The van der Waals surface area contributed by atoms with Crippen molar-refractivity contribution in [3.63, 3.8) is 0 Å². The first-order chi connectivity index (χ1) is 7.77. The molecule has 0 radical (unpaired) electrons. The number of hydrogen-bond donors (Lipinski definition) is 1. The molecule has 0 bridgehead atoms. The van der Waals surface area contributed by atoms with E-state index in [-0.39, 0.29) is 10.8 Å². The molecular formula is C12H15ClFNO. The van der Waals surface area contributed by atoms with Gasteiger partial charge in [-0.2, -0.15) is 5.48 Å². The molecule has 0 unspecified atom stereocenters. The van der Waals surface area contributed by atoms with E-state index in [0.717, 1.165) is 18.4 Å². The Morgan fingerprint density at radius 2 is 2.12 bits per heavy atom. The fraction of sp³-hybridized carbons (Fsp3) is 0.500. The third-order valence-electron chi connectivity index (χ3n) is 2.85. The van der Waals surface area contributed by atoms with E-state index in [1.807, 2.05) is 0 Å². The van der Waals surface area contributed by atoms with Crippen molar-refractivity contribution in [2.75, 3.05) is 0 Å². The molecule has 2 rings (SSSR count). The molecule has 0 heterocycles. The Hall–Kier alpha value is -0.640. The first-order valence-corrected chi connectivity index (χ1v) is 5.96. The van der Waals surface area contributed by atoms with E-state index in [2.05, 4.69) is 5.48 Å². The lowest BCUT2D eigenvalue weighted by Gasteiger charge is -2.12. The first kappa shape index (κ1) is 11.8. The van der Waals surface area contributed by atoms with Crippen molar-refractivity contribution in [3.05, 3.63) is 34.6 Å². The summed E-state index contributed by atoms with van der Waals surface area (Å²) in [6.45, 7) is 0.438. The van der Waals surface area contributed by atoms with Crippen molar-refractivity contribution in [1.29, 1.82) is 0 Å². The summed E-state index contributed by atoms with van der Waals surface area (Å²) in [5, 5.41) is 0.171. The molecule has 1 aliphatic carbocycles. The van der Waals surface area contributed by atoms with Gasteiger partial charge in [0.1, 0.15) is 5.82 Å². The lowest BCUT2D eigenvalue weighted by molar-refractivity contribution is -0.0244. The fourth-order valence-electron chi connectivity index (χ4n) is 1.93. The van der Waals surface area contributed by atoms with Crippen LogP contribution in [0.25, 0.3) is 0 Å². The molecule has 1 N–H and O–H groups in total. The highest BCUT2D eigenvalue weighted by Crippen LogP contribution is 2.21. The van der Waals surface area contributed by atoms with Gasteiger partial charge >= 0.3 is 0 Å². The third kappa shape index (κ3) is 2.94. The highest BCUT2D eigenvalue weighted by Gasteiger charge is 2.15. The number of hydrogen-bond acceptors (Lipinski definition) is 2. The molecule has 88 valence electrons. The Labute approximate surface area is 99.7 Å². The van der Waals surface area contributed by atoms with E-state index in [1.54, 1.807) is 12.1 Å². The SMILES string of the molecule is Fc1cccc(CNOC2CCCC2)c1Cl. The van der Waals surface area contributed by atoms with Gasteiger partial charge in [-0.05, 0) is 24.5 Å². The van der Waals surface area contributed by atoms with Gasteiger partial charge in [0.2, 0.25) is 0 Å². The monoisotopic (exact) mass is 243 g/mol. The van der Waals surface area contributed by atoms with Crippen LogP contribution in [0.5, 0.6) is 0 Å². The molecule has 0 saturated heterocycles. The van der Waals surface area contributed by atoms with Crippen LogP contribution in [0.2, 0.25) is 5.02 Å².